The van der Waals surface area contributed by atoms with Crippen LogP contribution in [0.3, 0.4) is 0 Å². The van der Waals surface area contributed by atoms with Gasteiger partial charge in [0.2, 0.25) is 17.7 Å². The molecular weight excluding hydrogens is 504 g/mol. The van der Waals surface area contributed by atoms with Crippen LogP contribution in [-0.2, 0) is 22.6 Å². The van der Waals surface area contributed by atoms with Crippen LogP contribution < -0.4 is 10.6 Å². The summed E-state index contributed by atoms with van der Waals surface area (Å²) in [4.78, 5) is 28.7. The number of benzene rings is 1. The van der Waals surface area contributed by atoms with Crippen LogP contribution in [0.2, 0.25) is 5.02 Å². The van der Waals surface area contributed by atoms with Crippen LogP contribution in [0.25, 0.3) is 0 Å². The molecular formula is C26H32ClF2N5O3. The van der Waals surface area contributed by atoms with Crippen LogP contribution in [-0.4, -0.2) is 65.4 Å². The summed E-state index contributed by atoms with van der Waals surface area (Å²) in [5.41, 5.74) is 1.31. The number of carbonyl (C=O) groups excluding carboxylic acids is 2. The van der Waals surface area contributed by atoms with Gasteiger partial charge in [0.1, 0.15) is 12.0 Å². The number of alkyl halides is 2. The highest BCUT2D eigenvalue weighted by Gasteiger charge is 2.60. The van der Waals surface area contributed by atoms with Gasteiger partial charge in [-0.1, -0.05) is 16.8 Å². The number of nitrogens with zero attached hydrogens (tertiary/aromatic N) is 3. The predicted molar refractivity (Wildman–Crippen MR) is 134 cm³/mol. The highest BCUT2D eigenvalue weighted by Crippen LogP contribution is 2.63. The van der Waals surface area contributed by atoms with Crippen LogP contribution in [0.15, 0.2) is 35.1 Å². The molecule has 1 saturated heterocycles. The molecule has 0 bridgehead atoms. The minimum atomic E-state index is -2.63. The largest absolute Gasteiger partial charge is 0.379 e. The van der Waals surface area contributed by atoms with Gasteiger partial charge in [-0.2, -0.15) is 0 Å². The molecule has 3 aliphatic rings. The van der Waals surface area contributed by atoms with Crippen molar-refractivity contribution in [1.29, 1.82) is 0 Å². The Kier molecular flexibility index (Phi) is 6.68. The number of hydrogen-bond donors (Lipinski definition) is 2. The molecule has 1 aromatic heterocycles. The average Bonchev–Trinajstić information content (AvgIpc) is 3.37. The molecule has 37 heavy (non-hydrogen) atoms. The third-order valence-corrected chi connectivity index (χ3v) is 7.98. The van der Waals surface area contributed by atoms with Gasteiger partial charge in [0.05, 0.1) is 13.1 Å². The molecule has 2 heterocycles. The summed E-state index contributed by atoms with van der Waals surface area (Å²) < 4.78 is 49.6. The molecule has 11 heteroatoms. The minimum absolute atomic E-state index is 0.154. The molecule has 2 N–H and O–H groups in total. The van der Waals surface area contributed by atoms with Crippen LogP contribution in [0.5, 0.6) is 0 Å². The van der Waals surface area contributed by atoms with Crippen LogP contribution in [0.4, 0.5) is 14.5 Å². The van der Waals surface area contributed by atoms with E-state index < -0.39 is 12.4 Å². The number of carbonyl (C=O) groups is 2. The van der Waals surface area contributed by atoms with Gasteiger partial charge in [0.15, 0.2) is 0 Å². The van der Waals surface area contributed by atoms with E-state index >= 15 is 0 Å². The van der Waals surface area contributed by atoms with E-state index in [1.807, 2.05) is 0 Å². The Morgan fingerprint density at radius 3 is 2.62 bits per heavy atom. The molecule has 0 unspecified atom stereocenters. The fourth-order valence-electron chi connectivity index (χ4n) is 5.30. The molecule has 1 spiro atoms. The smallest absolute Gasteiger partial charge is 0.248 e. The molecule has 200 valence electrons. The van der Waals surface area contributed by atoms with E-state index in [-0.39, 0.29) is 42.5 Å². The zero-order chi connectivity index (χ0) is 27.8. The van der Waals surface area contributed by atoms with Crippen LogP contribution in [0, 0.1) is 11.3 Å². The number of nitrogens with one attached hydrogen (secondary N) is 2. The average molecular weight is 538 g/mol. The monoisotopic (exact) mass is 537 g/mol. The fourth-order valence-corrected chi connectivity index (χ4v) is 5.47. The lowest BCUT2D eigenvalue weighted by Gasteiger charge is -2.35. The summed E-state index contributed by atoms with van der Waals surface area (Å²) in [6.07, 6.45) is 2.41. The van der Waals surface area contributed by atoms with E-state index in [2.05, 4.69) is 15.8 Å². The van der Waals surface area contributed by atoms with Crippen molar-refractivity contribution in [1.82, 2.24) is 20.3 Å². The Morgan fingerprint density at radius 2 is 1.92 bits per heavy atom. The van der Waals surface area contributed by atoms with Crippen molar-refractivity contribution in [2.24, 2.45) is 11.3 Å². The third kappa shape index (κ3) is 6.23. The van der Waals surface area contributed by atoms with Gasteiger partial charge >= 0.3 is 0 Å². The zero-order valence-electron chi connectivity index (χ0n) is 22.4. The number of rotatable bonds is 8. The van der Waals surface area contributed by atoms with E-state index in [0.29, 0.717) is 74.0 Å². The van der Waals surface area contributed by atoms with Crippen molar-refractivity contribution in [3.05, 3.63) is 46.8 Å². The number of amides is 2. The SMILES string of the molecule is [2H]C([2H])(c1cc(Cl)ccc1NCc1ccon1)N1CCN(C(=O)CNC(=O)[C@@H]2CC23CCC(F)(F)CC3)CC1. The van der Waals surface area contributed by atoms with Gasteiger partial charge in [-0.3, -0.25) is 14.5 Å². The third-order valence-electron chi connectivity index (χ3n) is 7.74. The van der Waals surface area contributed by atoms with Crippen molar-refractivity contribution >= 4 is 29.1 Å². The molecule has 0 radical (unpaired) electrons. The lowest BCUT2D eigenvalue weighted by Crippen LogP contribution is -2.51. The molecule has 5 rings (SSSR count). The van der Waals surface area contributed by atoms with E-state index in [0.717, 1.165) is 0 Å². The minimum Gasteiger partial charge on any atom is -0.379 e. The topological polar surface area (TPSA) is 90.7 Å². The van der Waals surface area contributed by atoms with Gasteiger partial charge in [0, 0.05) is 71.0 Å². The van der Waals surface area contributed by atoms with Gasteiger partial charge in [-0.25, -0.2) is 8.78 Å². The molecule has 2 amide bonds. The Balaban J connectivity index is 1.12. The number of piperazine rings is 1. The van der Waals surface area contributed by atoms with E-state index in [9.17, 15) is 18.4 Å². The van der Waals surface area contributed by atoms with Gasteiger partial charge in [-0.15, -0.1) is 0 Å². The normalized spacial score (nSPS) is 23.8. The van der Waals surface area contributed by atoms with Gasteiger partial charge < -0.3 is 20.1 Å². The van der Waals surface area contributed by atoms with Crippen molar-refractivity contribution < 1.29 is 25.6 Å². The quantitative estimate of drug-likeness (QED) is 0.530. The summed E-state index contributed by atoms with van der Waals surface area (Å²) in [7, 11) is 0. The summed E-state index contributed by atoms with van der Waals surface area (Å²) in [6, 6.07) is 6.72. The molecule has 1 aliphatic heterocycles. The maximum absolute atomic E-state index is 13.5. The summed E-state index contributed by atoms with van der Waals surface area (Å²) in [5, 5.41) is 10.2. The summed E-state index contributed by atoms with van der Waals surface area (Å²) in [5.74, 6) is -3.41. The number of aromatic nitrogens is 1. The maximum atomic E-state index is 13.5. The lowest BCUT2D eigenvalue weighted by atomic mass is 9.82. The number of anilines is 1. The molecule has 1 aromatic carbocycles. The molecule has 1 atom stereocenters. The maximum Gasteiger partial charge on any atom is 0.248 e. The predicted octanol–water partition coefficient (Wildman–Crippen LogP) is 3.92. The van der Waals surface area contributed by atoms with Crippen molar-refractivity contribution in [3.63, 3.8) is 0 Å². The van der Waals surface area contributed by atoms with E-state index in [1.165, 1.54) is 6.26 Å². The first-order chi connectivity index (χ1) is 18.5. The van der Waals surface area contributed by atoms with Crippen molar-refractivity contribution in [3.8, 4) is 0 Å². The molecule has 2 aromatic rings. The molecule has 2 aliphatic carbocycles. The second kappa shape index (κ2) is 10.6. The Labute approximate surface area is 222 Å². The van der Waals surface area contributed by atoms with Crippen LogP contribution >= 0.6 is 11.6 Å². The van der Waals surface area contributed by atoms with Crippen LogP contribution in [0.1, 0.15) is 46.1 Å². The standard InChI is InChI=1S/C26H32ClF2N5O3/c27-19-1-2-22(30-15-20-3-12-37-32-20)18(13-19)17-33-8-10-34(11-9-33)23(35)16-31-24(36)21-14-25(21)4-6-26(28,29)7-5-25/h1-3,12-13,21,30H,4-11,14-17H2,(H,31,36)/t21-/m0/s1/i17D2. The van der Waals surface area contributed by atoms with E-state index in [4.69, 9.17) is 18.9 Å². The van der Waals surface area contributed by atoms with E-state index in [1.54, 1.807) is 34.1 Å². The highest BCUT2D eigenvalue weighted by atomic mass is 35.5. The molecule has 3 fully saturated rings. The summed E-state index contributed by atoms with van der Waals surface area (Å²) in [6.45, 7) is -0.471. The van der Waals surface area contributed by atoms with Crippen molar-refractivity contribution in [2.45, 2.75) is 51.1 Å². The van der Waals surface area contributed by atoms with Gasteiger partial charge in [-0.05, 0) is 48.4 Å². The summed E-state index contributed by atoms with van der Waals surface area (Å²) >= 11 is 6.21. The lowest BCUT2D eigenvalue weighted by molar-refractivity contribution is -0.135. The first-order valence-electron chi connectivity index (χ1n) is 13.6. The first kappa shape index (κ1) is 23.4. The highest BCUT2D eigenvalue weighted by molar-refractivity contribution is 6.30. The number of hydrogen-bond acceptors (Lipinski definition) is 6. The van der Waals surface area contributed by atoms with Gasteiger partial charge in [0.25, 0.3) is 0 Å². The second-order valence-corrected chi connectivity index (χ2v) is 10.6. The molecule has 2 saturated carbocycles. The van der Waals surface area contributed by atoms with Crippen molar-refractivity contribution in [2.75, 3.05) is 38.0 Å². The zero-order valence-corrected chi connectivity index (χ0v) is 21.2. The molecule has 8 nitrogen and oxygen atoms in total. The Morgan fingerprint density at radius 1 is 1.16 bits per heavy atom. The Hall–Kier alpha value is -2.72. The first-order valence-corrected chi connectivity index (χ1v) is 13.0. The fraction of sp³-hybridized carbons (Fsp3) is 0.577. The Bertz CT molecular complexity index is 1200. The number of halogens is 3. The second-order valence-electron chi connectivity index (χ2n) is 10.2.